The van der Waals surface area contributed by atoms with Gasteiger partial charge >= 0.3 is 0 Å². The fourth-order valence-electron chi connectivity index (χ4n) is 0.763. The zero-order valence-electron chi connectivity index (χ0n) is 7.79. The lowest BCUT2D eigenvalue weighted by Gasteiger charge is -2.15. The van der Waals surface area contributed by atoms with E-state index in [9.17, 15) is 0 Å². The highest BCUT2D eigenvalue weighted by Crippen LogP contribution is 2.24. The Kier molecular flexibility index (Phi) is 2.47. The van der Waals surface area contributed by atoms with Gasteiger partial charge < -0.3 is 10.3 Å². The van der Waals surface area contributed by atoms with E-state index in [-0.39, 0.29) is 5.41 Å². The zero-order valence-corrected chi connectivity index (χ0v) is 7.79. The van der Waals surface area contributed by atoms with Gasteiger partial charge in [0, 0.05) is 5.41 Å². The van der Waals surface area contributed by atoms with Crippen molar-refractivity contribution in [3.8, 4) is 0 Å². The van der Waals surface area contributed by atoms with Crippen molar-refractivity contribution in [2.45, 2.75) is 39.2 Å². The number of hydrogen-bond donors (Lipinski definition) is 1. The summed E-state index contributed by atoms with van der Waals surface area (Å²) in [5.41, 5.74) is 5.32. The van der Waals surface area contributed by atoms with Gasteiger partial charge in [-0.05, 0) is 6.42 Å². The Balaban J connectivity index is 2.88. The molecule has 0 radical (unpaired) electrons. The lowest BCUT2D eigenvalue weighted by atomic mass is 9.90. The third kappa shape index (κ3) is 1.64. The van der Waals surface area contributed by atoms with E-state index < -0.39 is 0 Å². The van der Waals surface area contributed by atoms with Crippen LogP contribution >= 0.6 is 0 Å². The van der Waals surface area contributed by atoms with Crippen molar-refractivity contribution in [3.05, 3.63) is 11.7 Å². The molecule has 1 heterocycles. The Morgan fingerprint density at radius 2 is 2.17 bits per heavy atom. The maximum absolute atomic E-state index is 5.36. The van der Waals surface area contributed by atoms with E-state index >= 15 is 0 Å². The van der Waals surface area contributed by atoms with Crippen molar-refractivity contribution in [3.63, 3.8) is 0 Å². The number of rotatable bonds is 3. The molecule has 12 heavy (non-hydrogen) atoms. The highest BCUT2D eigenvalue weighted by atomic mass is 16.5. The Hall–Kier alpha value is -0.900. The van der Waals surface area contributed by atoms with Crippen molar-refractivity contribution in [1.29, 1.82) is 0 Å². The van der Waals surface area contributed by atoms with Crippen LogP contribution in [0.2, 0.25) is 0 Å². The molecule has 68 valence electrons. The molecule has 0 bridgehead atoms. The van der Waals surface area contributed by atoms with Crippen molar-refractivity contribution in [1.82, 2.24) is 10.1 Å². The van der Waals surface area contributed by atoms with Crippen molar-refractivity contribution in [2.24, 2.45) is 5.73 Å². The lowest BCUT2D eigenvalue weighted by molar-refractivity contribution is 0.300. The minimum Gasteiger partial charge on any atom is -0.339 e. The number of hydrogen-bond acceptors (Lipinski definition) is 4. The quantitative estimate of drug-likeness (QED) is 0.738. The number of nitrogens with two attached hydrogens (primary N) is 1. The van der Waals surface area contributed by atoms with E-state index in [1.165, 1.54) is 0 Å². The zero-order chi connectivity index (χ0) is 9.19. The molecule has 0 unspecified atom stereocenters. The van der Waals surface area contributed by atoms with Crippen LogP contribution in [-0.4, -0.2) is 10.1 Å². The third-order valence-corrected chi connectivity index (χ3v) is 2.11. The van der Waals surface area contributed by atoms with Crippen LogP contribution in [0.4, 0.5) is 0 Å². The second-order valence-electron chi connectivity index (χ2n) is 3.46. The lowest BCUT2D eigenvalue weighted by Crippen LogP contribution is -2.16. The van der Waals surface area contributed by atoms with E-state index in [4.69, 9.17) is 10.3 Å². The van der Waals surface area contributed by atoms with Crippen molar-refractivity contribution < 1.29 is 4.52 Å². The molecule has 0 saturated heterocycles. The normalized spacial score (nSPS) is 12.0. The first-order valence-corrected chi connectivity index (χ1v) is 4.13. The van der Waals surface area contributed by atoms with Crippen molar-refractivity contribution >= 4 is 0 Å². The molecule has 0 aliphatic heterocycles. The first kappa shape index (κ1) is 9.19. The highest BCUT2D eigenvalue weighted by molar-refractivity contribution is 4.99. The smallest absolute Gasteiger partial charge is 0.232 e. The molecular weight excluding hydrogens is 154 g/mol. The second kappa shape index (κ2) is 3.23. The molecule has 0 fully saturated rings. The highest BCUT2D eigenvalue weighted by Gasteiger charge is 2.24. The summed E-state index contributed by atoms with van der Waals surface area (Å²) in [6, 6.07) is 0. The van der Waals surface area contributed by atoms with Crippen LogP contribution in [0.5, 0.6) is 0 Å². The summed E-state index contributed by atoms with van der Waals surface area (Å²) in [5, 5.41) is 3.74. The number of aromatic nitrogens is 2. The standard InChI is InChI=1S/C8H15N3O/c1-4-8(2,3)7-10-6(5-9)11-12-7/h4-5,9H2,1-3H3. The molecular formula is C8H15N3O. The second-order valence-corrected chi connectivity index (χ2v) is 3.46. The summed E-state index contributed by atoms with van der Waals surface area (Å²) in [6.45, 7) is 6.57. The van der Waals surface area contributed by atoms with E-state index in [2.05, 4.69) is 30.9 Å². The molecule has 0 aliphatic carbocycles. The first-order valence-electron chi connectivity index (χ1n) is 4.13. The minimum absolute atomic E-state index is 0.0413. The fourth-order valence-corrected chi connectivity index (χ4v) is 0.763. The molecule has 4 heteroatoms. The van der Waals surface area contributed by atoms with E-state index in [1.807, 2.05) is 0 Å². The summed E-state index contributed by atoms with van der Waals surface area (Å²) in [4.78, 5) is 4.17. The summed E-state index contributed by atoms with van der Waals surface area (Å²) in [6.07, 6.45) is 0.971. The van der Waals surface area contributed by atoms with Gasteiger partial charge in [-0.1, -0.05) is 25.9 Å². The van der Waals surface area contributed by atoms with Gasteiger partial charge in [0.15, 0.2) is 5.82 Å². The third-order valence-electron chi connectivity index (χ3n) is 2.11. The number of nitrogens with zero attached hydrogens (tertiary/aromatic N) is 2. The largest absolute Gasteiger partial charge is 0.339 e. The summed E-state index contributed by atoms with van der Waals surface area (Å²) >= 11 is 0. The van der Waals surface area contributed by atoms with Crippen LogP contribution in [0.25, 0.3) is 0 Å². The first-order chi connectivity index (χ1) is 5.60. The maximum atomic E-state index is 5.36. The molecule has 4 nitrogen and oxygen atoms in total. The molecule has 1 aromatic heterocycles. The SMILES string of the molecule is CCC(C)(C)c1nc(CN)no1. The average Bonchev–Trinajstić information content (AvgIpc) is 2.52. The van der Waals surface area contributed by atoms with Crippen LogP contribution in [0.1, 0.15) is 38.9 Å². The van der Waals surface area contributed by atoms with Gasteiger partial charge in [0.25, 0.3) is 0 Å². The van der Waals surface area contributed by atoms with Gasteiger partial charge in [-0.3, -0.25) is 0 Å². The van der Waals surface area contributed by atoms with Gasteiger partial charge in [0.2, 0.25) is 5.89 Å². The van der Waals surface area contributed by atoms with Crippen LogP contribution in [0.3, 0.4) is 0 Å². The fraction of sp³-hybridized carbons (Fsp3) is 0.750. The average molecular weight is 169 g/mol. The summed E-state index contributed by atoms with van der Waals surface area (Å²) < 4.78 is 5.07. The van der Waals surface area contributed by atoms with Crippen molar-refractivity contribution in [2.75, 3.05) is 0 Å². The van der Waals surface area contributed by atoms with Crippen LogP contribution in [-0.2, 0) is 12.0 Å². The van der Waals surface area contributed by atoms with E-state index in [0.717, 1.165) is 6.42 Å². The molecule has 0 saturated carbocycles. The molecule has 0 amide bonds. The monoisotopic (exact) mass is 169 g/mol. The van der Waals surface area contributed by atoms with Crippen LogP contribution < -0.4 is 5.73 Å². The Labute approximate surface area is 72.1 Å². The predicted octanol–water partition coefficient (Wildman–Crippen LogP) is 1.22. The van der Waals surface area contributed by atoms with Gasteiger partial charge in [-0.25, -0.2) is 0 Å². The Morgan fingerprint density at radius 1 is 1.50 bits per heavy atom. The summed E-state index contributed by atoms with van der Waals surface area (Å²) in [5.74, 6) is 1.25. The maximum Gasteiger partial charge on any atom is 0.232 e. The Bertz CT molecular complexity index is 255. The molecule has 0 spiro atoms. The topological polar surface area (TPSA) is 64.9 Å². The molecule has 0 aromatic carbocycles. The van der Waals surface area contributed by atoms with Gasteiger partial charge in [-0.15, -0.1) is 0 Å². The molecule has 1 aromatic rings. The van der Waals surface area contributed by atoms with Gasteiger partial charge in [0.05, 0.1) is 6.54 Å². The van der Waals surface area contributed by atoms with Crippen LogP contribution in [0.15, 0.2) is 4.52 Å². The molecule has 2 N–H and O–H groups in total. The summed E-state index contributed by atoms with van der Waals surface area (Å²) in [7, 11) is 0. The molecule has 1 rings (SSSR count). The van der Waals surface area contributed by atoms with Crippen LogP contribution in [0, 0.1) is 0 Å². The van der Waals surface area contributed by atoms with Gasteiger partial charge in [-0.2, -0.15) is 4.98 Å². The van der Waals surface area contributed by atoms with E-state index in [1.54, 1.807) is 0 Å². The Morgan fingerprint density at radius 3 is 2.58 bits per heavy atom. The predicted molar refractivity (Wildman–Crippen MR) is 45.5 cm³/mol. The van der Waals surface area contributed by atoms with E-state index in [0.29, 0.717) is 18.3 Å². The van der Waals surface area contributed by atoms with Gasteiger partial charge in [0.1, 0.15) is 0 Å². The molecule has 0 atom stereocenters. The minimum atomic E-state index is -0.0413. The molecule has 0 aliphatic rings.